The topological polar surface area (TPSA) is 159 Å². The zero-order chi connectivity index (χ0) is 31.2. The summed E-state index contributed by atoms with van der Waals surface area (Å²) >= 11 is 0. The van der Waals surface area contributed by atoms with Crippen LogP contribution in [0.5, 0.6) is 0 Å². The zero-order valence-electron chi connectivity index (χ0n) is 23.6. The Labute approximate surface area is 250 Å². The third-order valence-electron chi connectivity index (χ3n) is 7.14. The maximum Gasteiger partial charge on any atom is 0.334 e. The molecule has 1 amide bonds. The highest BCUT2D eigenvalue weighted by Crippen LogP contribution is 2.32. The number of carbonyl (C=O) groups excluding carboxylic acids is 1. The fourth-order valence-electron chi connectivity index (χ4n) is 4.96. The average Bonchev–Trinajstić information content (AvgIpc) is 3.70. The molecule has 13 heteroatoms. The summed E-state index contributed by atoms with van der Waals surface area (Å²) in [6.07, 6.45) is -0.686. The molecule has 2 heterocycles. The van der Waals surface area contributed by atoms with Gasteiger partial charge in [-0.05, 0) is 58.2 Å². The maximum absolute atomic E-state index is 15.5. The van der Waals surface area contributed by atoms with Crippen LogP contribution in [0.25, 0.3) is 22.5 Å². The van der Waals surface area contributed by atoms with E-state index in [4.69, 9.17) is 0 Å². The van der Waals surface area contributed by atoms with Crippen LogP contribution >= 0.6 is 0 Å². The number of carboxylic acid groups (broad SMARTS) is 1. The van der Waals surface area contributed by atoms with Crippen molar-refractivity contribution < 1.29 is 28.6 Å². The molecule has 3 aromatic carbocycles. The predicted octanol–water partition coefficient (Wildman–Crippen LogP) is 3.80. The second-order valence-electron chi connectivity index (χ2n) is 10.2. The van der Waals surface area contributed by atoms with Crippen molar-refractivity contribution in [2.75, 3.05) is 0 Å². The normalized spacial score (nSPS) is 12.5. The third-order valence-corrected chi connectivity index (χ3v) is 7.14. The number of aliphatic carboxylic acids is 1. The van der Waals surface area contributed by atoms with E-state index in [9.17, 15) is 19.8 Å². The molecule has 0 aliphatic carbocycles. The lowest BCUT2D eigenvalue weighted by molar-refractivity contribution is -0.148. The van der Waals surface area contributed by atoms with Crippen LogP contribution in [0, 0.1) is 11.6 Å². The van der Waals surface area contributed by atoms with Gasteiger partial charge in [-0.25, -0.2) is 18.7 Å². The molecule has 0 saturated carbocycles. The first-order chi connectivity index (χ1) is 21.2. The quantitative estimate of drug-likeness (QED) is 0.168. The molecule has 2 atom stereocenters. The molecule has 5 rings (SSSR count). The van der Waals surface area contributed by atoms with Crippen LogP contribution in [0.3, 0.4) is 0 Å². The molecule has 0 saturated heterocycles. The summed E-state index contributed by atoms with van der Waals surface area (Å²) in [5.41, 5.74) is 2.32. The third kappa shape index (κ3) is 6.68. The predicted molar refractivity (Wildman–Crippen MR) is 155 cm³/mol. The summed E-state index contributed by atoms with van der Waals surface area (Å²) in [5, 5.41) is 40.3. The van der Waals surface area contributed by atoms with E-state index in [1.807, 2.05) is 6.92 Å². The Hall–Kier alpha value is -5.30. The van der Waals surface area contributed by atoms with E-state index in [2.05, 4.69) is 31.0 Å². The van der Waals surface area contributed by atoms with Crippen molar-refractivity contribution in [3.8, 4) is 22.5 Å². The number of halogens is 2. The summed E-state index contributed by atoms with van der Waals surface area (Å²) in [7, 11) is 0. The Morgan fingerprint density at radius 1 is 1.00 bits per heavy atom. The van der Waals surface area contributed by atoms with E-state index >= 15 is 8.78 Å². The van der Waals surface area contributed by atoms with Gasteiger partial charge in [0.25, 0.3) is 5.91 Å². The molecular formula is C31H29F2N7O4. The van der Waals surface area contributed by atoms with Gasteiger partial charge in [0.05, 0.1) is 12.6 Å². The molecule has 0 bridgehead atoms. The number of rotatable bonds is 12. The lowest BCUT2D eigenvalue weighted by Gasteiger charge is -2.21. The van der Waals surface area contributed by atoms with Crippen molar-refractivity contribution in [1.29, 1.82) is 0 Å². The van der Waals surface area contributed by atoms with Crippen LogP contribution < -0.4 is 5.32 Å². The molecule has 0 aliphatic heterocycles. The first kappa shape index (κ1) is 30.2. The van der Waals surface area contributed by atoms with Crippen LogP contribution in [0.2, 0.25) is 0 Å². The first-order valence-corrected chi connectivity index (χ1v) is 13.9. The standard InChI is InChI=1S/C31H29F2N7O4/c1-2-8-20-16-27(30(42)34-26(28(41)31(43)44)13-18-9-4-3-5-10-18)37-40(20)17-23-24(32)14-19(15-25(23)33)21-11-6-7-12-22(21)29-35-38-39-36-29/h3-7,9-12,14-16,26,28,41H,2,8,13,17H2,1H3,(H,34,42)(H,43,44)(H,35,36,38,39)/t26-,28-/m1/s1. The highest BCUT2D eigenvalue weighted by molar-refractivity contribution is 5.93. The second kappa shape index (κ2) is 13.3. The van der Waals surface area contributed by atoms with Gasteiger partial charge in [-0.3, -0.25) is 9.48 Å². The molecule has 4 N–H and O–H groups in total. The zero-order valence-corrected chi connectivity index (χ0v) is 23.6. The van der Waals surface area contributed by atoms with Gasteiger partial charge in [0, 0.05) is 16.8 Å². The fourth-order valence-corrected chi connectivity index (χ4v) is 4.96. The van der Waals surface area contributed by atoms with Crippen LogP contribution in [0.1, 0.15) is 40.7 Å². The maximum atomic E-state index is 15.5. The lowest BCUT2D eigenvalue weighted by Crippen LogP contribution is -2.48. The molecule has 0 fully saturated rings. The molecule has 0 spiro atoms. The number of benzene rings is 3. The van der Waals surface area contributed by atoms with Crippen LogP contribution in [-0.2, 0) is 24.2 Å². The van der Waals surface area contributed by atoms with Crippen molar-refractivity contribution in [1.82, 2.24) is 35.7 Å². The molecule has 44 heavy (non-hydrogen) atoms. The Morgan fingerprint density at radius 2 is 1.68 bits per heavy atom. The number of carbonyl (C=O) groups is 2. The second-order valence-corrected chi connectivity index (χ2v) is 10.2. The minimum absolute atomic E-state index is 0.0570. The smallest absolute Gasteiger partial charge is 0.334 e. The number of aliphatic hydroxyl groups excluding tert-OH is 1. The van der Waals surface area contributed by atoms with Crippen LogP contribution in [0.15, 0.2) is 72.8 Å². The molecular weight excluding hydrogens is 572 g/mol. The lowest BCUT2D eigenvalue weighted by atomic mass is 9.97. The van der Waals surface area contributed by atoms with E-state index in [0.29, 0.717) is 41.1 Å². The van der Waals surface area contributed by atoms with Crippen molar-refractivity contribution in [2.45, 2.75) is 44.9 Å². The molecule has 226 valence electrons. The van der Waals surface area contributed by atoms with E-state index < -0.39 is 35.7 Å². The number of nitrogens with zero attached hydrogens (tertiary/aromatic N) is 5. The van der Waals surface area contributed by atoms with Crippen molar-refractivity contribution in [2.24, 2.45) is 0 Å². The van der Waals surface area contributed by atoms with Gasteiger partial charge in [-0.2, -0.15) is 5.10 Å². The summed E-state index contributed by atoms with van der Waals surface area (Å²) in [4.78, 5) is 24.8. The number of nitrogens with one attached hydrogen (secondary N) is 2. The molecule has 2 aromatic heterocycles. The first-order valence-electron chi connectivity index (χ1n) is 13.9. The van der Waals surface area contributed by atoms with Gasteiger partial charge in [-0.1, -0.05) is 67.9 Å². The molecule has 0 radical (unpaired) electrons. The van der Waals surface area contributed by atoms with Gasteiger partial charge in [0.2, 0.25) is 0 Å². The van der Waals surface area contributed by atoms with Crippen LogP contribution in [0.4, 0.5) is 8.78 Å². The van der Waals surface area contributed by atoms with Crippen LogP contribution in [-0.4, -0.2) is 64.6 Å². The molecule has 11 nitrogen and oxygen atoms in total. The van der Waals surface area contributed by atoms with Gasteiger partial charge in [0.15, 0.2) is 11.9 Å². The Morgan fingerprint density at radius 3 is 2.32 bits per heavy atom. The minimum Gasteiger partial charge on any atom is -0.479 e. The summed E-state index contributed by atoms with van der Waals surface area (Å²) in [6.45, 7) is 1.62. The minimum atomic E-state index is -1.87. The van der Waals surface area contributed by atoms with E-state index in [1.165, 1.54) is 22.9 Å². The number of H-pyrrole nitrogens is 1. The number of hydrogen-bond acceptors (Lipinski definition) is 7. The summed E-state index contributed by atoms with van der Waals surface area (Å²) < 4.78 is 32.3. The Balaban J connectivity index is 1.41. The number of hydrogen-bond donors (Lipinski definition) is 4. The molecule has 5 aromatic rings. The SMILES string of the molecule is CCCc1cc(C(=O)N[C@H](Cc2ccccc2)[C@@H](O)C(=O)O)nn1Cc1c(F)cc(-c2ccccc2-c2nnn[nH]2)cc1F. The number of aliphatic hydroxyl groups is 1. The molecule has 0 aliphatic rings. The van der Waals surface area contributed by atoms with Crippen molar-refractivity contribution >= 4 is 11.9 Å². The van der Waals surface area contributed by atoms with Gasteiger partial charge in [0.1, 0.15) is 17.3 Å². The molecule has 0 unspecified atom stereocenters. The van der Waals surface area contributed by atoms with Gasteiger partial charge < -0.3 is 15.5 Å². The van der Waals surface area contributed by atoms with Gasteiger partial charge in [-0.15, -0.1) is 5.10 Å². The highest BCUT2D eigenvalue weighted by atomic mass is 19.1. The summed E-state index contributed by atoms with van der Waals surface area (Å²) in [5.74, 6) is -3.47. The Bertz CT molecular complexity index is 1740. The number of carboxylic acids is 1. The average molecular weight is 602 g/mol. The monoisotopic (exact) mass is 601 g/mol. The van der Waals surface area contributed by atoms with Crippen molar-refractivity contribution in [3.05, 3.63) is 107 Å². The Kier molecular flexibility index (Phi) is 9.15. The number of aryl methyl sites for hydroxylation is 1. The number of aromatic amines is 1. The van der Waals surface area contributed by atoms with E-state index in [1.54, 1.807) is 54.6 Å². The van der Waals surface area contributed by atoms with Gasteiger partial charge >= 0.3 is 5.97 Å². The fraction of sp³-hybridized carbons (Fsp3) is 0.226. The van der Waals surface area contributed by atoms with E-state index in [0.717, 1.165) is 0 Å². The number of aromatic nitrogens is 6. The largest absolute Gasteiger partial charge is 0.479 e. The number of tetrazole rings is 1. The highest BCUT2D eigenvalue weighted by Gasteiger charge is 2.29. The van der Waals surface area contributed by atoms with Crippen molar-refractivity contribution in [3.63, 3.8) is 0 Å². The summed E-state index contributed by atoms with van der Waals surface area (Å²) in [6, 6.07) is 18.5. The van der Waals surface area contributed by atoms with E-state index in [-0.39, 0.29) is 29.8 Å². The number of amides is 1.